The van der Waals surface area contributed by atoms with Gasteiger partial charge in [0.1, 0.15) is 0 Å². The van der Waals surface area contributed by atoms with Crippen LogP contribution >= 0.6 is 11.8 Å². The molecule has 0 aliphatic carbocycles. The lowest BCUT2D eigenvalue weighted by Crippen LogP contribution is -2.41. The van der Waals surface area contributed by atoms with Gasteiger partial charge in [-0.05, 0) is 0 Å². The van der Waals surface area contributed by atoms with Crippen LogP contribution in [0.25, 0.3) is 0 Å². The van der Waals surface area contributed by atoms with E-state index in [1.807, 2.05) is 0 Å². The summed E-state index contributed by atoms with van der Waals surface area (Å²) in [5, 5.41) is 20.0. The summed E-state index contributed by atoms with van der Waals surface area (Å²) in [5.74, 6) is 0.508. The van der Waals surface area contributed by atoms with E-state index in [2.05, 4.69) is 5.32 Å². The third kappa shape index (κ3) is 3.99. The number of hydrogen-bond donors (Lipinski definition) is 3. The summed E-state index contributed by atoms with van der Waals surface area (Å²) in [6.45, 7) is 0.489. The van der Waals surface area contributed by atoms with E-state index in [1.165, 1.54) is 11.8 Å². The third-order valence-electron chi connectivity index (χ3n) is 2.26. The first-order valence-electron chi connectivity index (χ1n) is 5.10. The molecule has 0 aromatic rings. The fourth-order valence-corrected chi connectivity index (χ4v) is 2.17. The van der Waals surface area contributed by atoms with Crippen LogP contribution in [0, 0.1) is 0 Å². The Hall–Kier alpha value is -0.790. The van der Waals surface area contributed by atoms with Gasteiger partial charge in [-0.25, -0.2) is 0 Å². The Morgan fingerprint density at radius 2 is 2.19 bits per heavy atom. The van der Waals surface area contributed by atoms with Crippen LogP contribution in [0.2, 0.25) is 0 Å². The normalized spacial score (nSPS) is 15.9. The lowest BCUT2D eigenvalue weighted by atomic mass is 10.3. The van der Waals surface area contributed by atoms with Crippen molar-refractivity contribution in [2.75, 3.05) is 32.1 Å². The van der Waals surface area contributed by atoms with Crippen molar-refractivity contribution in [3.63, 3.8) is 0 Å². The van der Waals surface area contributed by atoms with Gasteiger partial charge in [0.15, 0.2) is 0 Å². The van der Waals surface area contributed by atoms with Gasteiger partial charge >= 0.3 is 0 Å². The van der Waals surface area contributed by atoms with Gasteiger partial charge in [-0.3, -0.25) is 9.59 Å². The molecule has 0 aromatic carbocycles. The highest BCUT2D eigenvalue weighted by atomic mass is 32.2. The van der Waals surface area contributed by atoms with Crippen molar-refractivity contribution in [1.29, 1.82) is 0 Å². The molecule has 0 saturated carbocycles. The summed E-state index contributed by atoms with van der Waals surface area (Å²) in [6.07, 6.45) is 0.197. The van der Waals surface area contributed by atoms with Crippen LogP contribution in [-0.4, -0.2) is 64.4 Å². The van der Waals surface area contributed by atoms with E-state index in [1.54, 1.807) is 4.90 Å². The Kier molecular flexibility index (Phi) is 5.58. The number of nitrogens with zero attached hydrogens (tertiary/aromatic N) is 1. The highest BCUT2D eigenvalue weighted by Crippen LogP contribution is 2.16. The second kappa shape index (κ2) is 6.72. The second-order valence-corrected chi connectivity index (χ2v) is 4.53. The van der Waals surface area contributed by atoms with E-state index >= 15 is 0 Å². The number of carbonyl (C=O) groups excluding carboxylic acids is 2. The summed E-state index contributed by atoms with van der Waals surface area (Å²) < 4.78 is 0. The van der Waals surface area contributed by atoms with Gasteiger partial charge in [0.2, 0.25) is 5.91 Å². The predicted octanol–water partition coefficient (Wildman–Crippen LogP) is -0.985. The molecule has 1 fully saturated rings. The molecule has 2 amide bonds. The molecule has 0 spiro atoms. The quantitative estimate of drug-likeness (QED) is 0.562. The van der Waals surface area contributed by atoms with Crippen molar-refractivity contribution in [3.05, 3.63) is 0 Å². The Bertz CT molecular complexity index is 258. The Balaban J connectivity index is 2.21. The first-order valence-corrected chi connectivity index (χ1v) is 6.08. The topological polar surface area (TPSA) is 89.9 Å². The third-order valence-corrected chi connectivity index (χ3v) is 3.15. The molecule has 1 heterocycles. The molecule has 92 valence electrons. The highest BCUT2D eigenvalue weighted by Gasteiger charge is 2.21. The van der Waals surface area contributed by atoms with Crippen molar-refractivity contribution < 1.29 is 19.8 Å². The molecule has 0 unspecified atom stereocenters. The fraction of sp³-hybridized carbons (Fsp3) is 0.778. The van der Waals surface area contributed by atoms with E-state index in [9.17, 15) is 9.59 Å². The van der Waals surface area contributed by atoms with Crippen molar-refractivity contribution in [2.45, 2.75) is 12.5 Å². The van der Waals surface area contributed by atoms with Gasteiger partial charge in [-0.15, -0.1) is 0 Å². The summed E-state index contributed by atoms with van der Waals surface area (Å²) in [6, 6.07) is -0.615. The van der Waals surface area contributed by atoms with Crippen LogP contribution in [0.15, 0.2) is 0 Å². The number of aliphatic hydroxyl groups excluding tert-OH is 2. The monoisotopic (exact) mass is 248 g/mol. The molecule has 0 bridgehead atoms. The average Bonchev–Trinajstić information content (AvgIpc) is 2.69. The van der Waals surface area contributed by atoms with Gasteiger partial charge in [-0.2, -0.15) is 0 Å². The molecule has 1 rings (SSSR count). The minimum absolute atomic E-state index is 0.00802. The zero-order valence-corrected chi connectivity index (χ0v) is 9.70. The van der Waals surface area contributed by atoms with Crippen molar-refractivity contribution in [1.82, 2.24) is 10.2 Å². The molecule has 16 heavy (non-hydrogen) atoms. The first-order chi connectivity index (χ1) is 7.67. The summed E-state index contributed by atoms with van der Waals surface area (Å²) >= 11 is 1.26. The van der Waals surface area contributed by atoms with Crippen molar-refractivity contribution in [2.24, 2.45) is 0 Å². The molecule has 1 aliphatic rings. The zero-order valence-electron chi connectivity index (χ0n) is 8.89. The van der Waals surface area contributed by atoms with Gasteiger partial charge in [0.05, 0.1) is 19.3 Å². The predicted molar refractivity (Wildman–Crippen MR) is 60.1 cm³/mol. The molecule has 0 radical (unpaired) electrons. The lowest BCUT2D eigenvalue weighted by molar-refractivity contribution is -0.122. The molecular weight excluding hydrogens is 232 g/mol. The van der Waals surface area contributed by atoms with Crippen LogP contribution in [0.5, 0.6) is 0 Å². The minimum atomic E-state index is -0.615. The second-order valence-electron chi connectivity index (χ2n) is 3.48. The fourth-order valence-electron chi connectivity index (χ4n) is 1.31. The molecule has 0 atom stereocenters. The van der Waals surface area contributed by atoms with Crippen molar-refractivity contribution >= 4 is 22.9 Å². The molecular formula is C9H16N2O4S. The molecule has 0 aromatic heterocycles. The van der Waals surface area contributed by atoms with E-state index in [-0.39, 0.29) is 30.8 Å². The molecule has 3 N–H and O–H groups in total. The Morgan fingerprint density at radius 3 is 2.69 bits per heavy atom. The number of thioether (sulfide) groups is 1. The standard InChI is InChI=1S/C9H16N2O4S/c12-5-7(6-13)10-8(14)1-2-11-3-4-16-9(11)15/h7,12-13H,1-6H2,(H,10,14). The van der Waals surface area contributed by atoms with Crippen LogP contribution in [0.4, 0.5) is 4.79 Å². The number of nitrogens with one attached hydrogen (secondary N) is 1. The Labute approximate surface area is 98.0 Å². The molecule has 1 saturated heterocycles. The zero-order chi connectivity index (χ0) is 12.0. The van der Waals surface area contributed by atoms with Gasteiger partial charge < -0.3 is 20.4 Å². The Morgan fingerprint density at radius 1 is 1.50 bits per heavy atom. The van der Waals surface area contributed by atoms with Crippen LogP contribution in [-0.2, 0) is 4.79 Å². The van der Waals surface area contributed by atoms with Crippen LogP contribution < -0.4 is 5.32 Å². The van der Waals surface area contributed by atoms with Crippen LogP contribution in [0.1, 0.15) is 6.42 Å². The maximum Gasteiger partial charge on any atom is 0.281 e. The number of carbonyl (C=O) groups is 2. The lowest BCUT2D eigenvalue weighted by Gasteiger charge is -2.16. The largest absolute Gasteiger partial charge is 0.394 e. The first kappa shape index (κ1) is 13.3. The highest BCUT2D eigenvalue weighted by molar-refractivity contribution is 8.13. The summed E-state index contributed by atoms with van der Waals surface area (Å²) in [4.78, 5) is 24.2. The molecule has 7 heteroatoms. The average molecular weight is 248 g/mol. The molecule has 1 aliphatic heterocycles. The summed E-state index contributed by atoms with van der Waals surface area (Å²) in [5.41, 5.74) is 0. The van der Waals surface area contributed by atoms with E-state index in [0.717, 1.165) is 5.75 Å². The van der Waals surface area contributed by atoms with Crippen LogP contribution in [0.3, 0.4) is 0 Å². The maximum atomic E-state index is 11.4. The SMILES string of the molecule is O=C(CCN1CCSC1=O)NC(CO)CO. The van der Waals surface area contributed by atoms with Crippen molar-refractivity contribution in [3.8, 4) is 0 Å². The smallest absolute Gasteiger partial charge is 0.281 e. The number of aliphatic hydroxyl groups is 2. The summed E-state index contributed by atoms with van der Waals surface area (Å²) in [7, 11) is 0. The number of amides is 2. The molecule has 6 nitrogen and oxygen atoms in total. The number of rotatable bonds is 6. The van der Waals surface area contributed by atoms with E-state index in [0.29, 0.717) is 13.1 Å². The maximum absolute atomic E-state index is 11.4. The van der Waals surface area contributed by atoms with Gasteiger partial charge in [-0.1, -0.05) is 11.8 Å². The van der Waals surface area contributed by atoms with E-state index in [4.69, 9.17) is 10.2 Å². The van der Waals surface area contributed by atoms with Gasteiger partial charge in [0, 0.05) is 25.3 Å². The minimum Gasteiger partial charge on any atom is -0.394 e. The number of hydrogen-bond acceptors (Lipinski definition) is 5. The van der Waals surface area contributed by atoms with Gasteiger partial charge in [0.25, 0.3) is 5.24 Å². The van der Waals surface area contributed by atoms with E-state index < -0.39 is 6.04 Å².